The van der Waals surface area contributed by atoms with E-state index in [9.17, 15) is 5.11 Å². The van der Waals surface area contributed by atoms with Gasteiger partial charge < -0.3 is 5.11 Å². The molecule has 0 saturated heterocycles. The van der Waals surface area contributed by atoms with Crippen LogP contribution in [0.15, 0.2) is 54.6 Å². The Morgan fingerprint density at radius 3 is 2.18 bits per heavy atom. The molecule has 3 aromatic rings. The molecule has 112 valence electrons. The van der Waals surface area contributed by atoms with E-state index in [-0.39, 0.29) is 11.7 Å². The first-order valence-corrected chi connectivity index (χ1v) is 7.52. The molecule has 2 aromatic carbocycles. The van der Waals surface area contributed by atoms with Gasteiger partial charge in [-0.2, -0.15) is 5.10 Å². The first-order valence-electron chi connectivity index (χ1n) is 7.52. The first kappa shape index (κ1) is 14.4. The zero-order valence-corrected chi connectivity index (χ0v) is 13.1. The summed E-state index contributed by atoms with van der Waals surface area (Å²) in [7, 11) is 0. The third-order valence-corrected chi connectivity index (χ3v) is 3.77. The van der Waals surface area contributed by atoms with Crippen LogP contribution in [0.1, 0.15) is 31.0 Å². The van der Waals surface area contributed by atoms with Crippen molar-refractivity contribution >= 4 is 0 Å². The maximum atomic E-state index is 10.7. The lowest BCUT2D eigenvalue weighted by atomic mass is 10.1. The molecule has 0 bridgehead atoms. The average Bonchev–Trinajstić information content (AvgIpc) is 2.86. The third-order valence-electron chi connectivity index (χ3n) is 3.77. The molecule has 0 aliphatic carbocycles. The van der Waals surface area contributed by atoms with Crippen LogP contribution in [-0.2, 0) is 0 Å². The number of rotatable bonds is 3. The molecule has 3 nitrogen and oxygen atoms in total. The van der Waals surface area contributed by atoms with Gasteiger partial charge in [0.25, 0.3) is 0 Å². The van der Waals surface area contributed by atoms with E-state index in [0.29, 0.717) is 5.69 Å². The lowest BCUT2D eigenvalue weighted by Crippen LogP contribution is -2.03. The van der Waals surface area contributed by atoms with E-state index in [4.69, 9.17) is 0 Å². The molecule has 0 atom stereocenters. The second-order valence-corrected chi connectivity index (χ2v) is 5.85. The van der Waals surface area contributed by atoms with Crippen molar-refractivity contribution in [2.75, 3.05) is 0 Å². The van der Waals surface area contributed by atoms with Crippen molar-refractivity contribution in [1.29, 1.82) is 0 Å². The standard InChI is InChI=1S/C19H20N2O/c1-13(2)18-19(22)17(15-7-5-4-6-8-15)20-21(18)16-11-9-14(3)10-12-16/h4-13,22H,1-3H3. The molecular formula is C19H20N2O. The highest BCUT2D eigenvalue weighted by Gasteiger charge is 2.21. The Morgan fingerprint density at radius 1 is 0.955 bits per heavy atom. The van der Waals surface area contributed by atoms with Gasteiger partial charge in [0.1, 0.15) is 5.69 Å². The van der Waals surface area contributed by atoms with Crippen LogP contribution >= 0.6 is 0 Å². The molecule has 3 rings (SSSR count). The van der Waals surface area contributed by atoms with Crippen LogP contribution in [0.25, 0.3) is 16.9 Å². The molecular weight excluding hydrogens is 272 g/mol. The fourth-order valence-electron chi connectivity index (χ4n) is 2.61. The molecule has 1 heterocycles. The summed E-state index contributed by atoms with van der Waals surface area (Å²) >= 11 is 0. The Kier molecular flexibility index (Phi) is 3.72. The topological polar surface area (TPSA) is 38.0 Å². The lowest BCUT2D eigenvalue weighted by molar-refractivity contribution is 0.464. The molecule has 1 aromatic heterocycles. The molecule has 22 heavy (non-hydrogen) atoms. The largest absolute Gasteiger partial charge is 0.504 e. The van der Waals surface area contributed by atoms with E-state index in [2.05, 4.69) is 38.0 Å². The zero-order chi connectivity index (χ0) is 15.7. The number of aryl methyl sites for hydroxylation is 1. The van der Waals surface area contributed by atoms with Gasteiger partial charge in [-0.1, -0.05) is 61.9 Å². The van der Waals surface area contributed by atoms with E-state index in [1.54, 1.807) is 0 Å². The fourth-order valence-corrected chi connectivity index (χ4v) is 2.61. The SMILES string of the molecule is Cc1ccc(-n2nc(-c3ccccc3)c(O)c2C(C)C)cc1. The van der Waals surface area contributed by atoms with Gasteiger partial charge in [0, 0.05) is 5.56 Å². The van der Waals surface area contributed by atoms with E-state index in [1.165, 1.54) is 5.56 Å². The van der Waals surface area contributed by atoms with Gasteiger partial charge in [0.2, 0.25) is 0 Å². The van der Waals surface area contributed by atoms with Crippen LogP contribution in [0.3, 0.4) is 0 Å². The summed E-state index contributed by atoms with van der Waals surface area (Å²) in [4.78, 5) is 0. The normalized spacial score (nSPS) is 11.1. The number of hydrogen-bond donors (Lipinski definition) is 1. The summed E-state index contributed by atoms with van der Waals surface area (Å²) in [5.74, 6) is 0.438. The van der Waals surface area contributed by atoms with E-state index < -0.39 is 0 Å². The predicted molar refractivity (Wildman–Crippen MR) is 89.5 cm³/mol. The van der Waals surface area contributed by atoms with Crippen LogP contribution in [0, 0.1) is 6.92 Å². The van der Waals surface area contributed by atoms with E-state index >= 15 is 0 Å². The van der Waals surface area contributed by atoms with Crippen molar-refractivity contribution in [3.8, 4) is 22.7 Å². The summed E-state index contributed by atoms with van der Waals surface area (Å²) in [6, 6.07) is 18.0. The highest BCUT2D eigenvalue weighted by Crippen LogP contribution is 2.36. The molecule has 0 aliphatic rings. The summed E-state index contributed by atoms with van der Waals surface area (Å²) in [6.45, 7) is 6.19. The minimum atomic E-state index is 0.172. The van der Waals surface area contributed by atoms with Crippen LogP contribution < -0.4 is 0 Å². The average molecular weight is 292 g/mol. The number of nitrogens with zero attached hydrogens (tertiary/aromatic N) is 2. The zero-order valence-electron chi connectivity index (χ0n) is 13.1. The fraction of sp³-hybridized carbons (Fsp3) is 0.211. The quantitative estimate of drug-likeness (QED) is 0.761. The predicted octanol–water partition coefficient (Wildman–Crippen LogP) is 4.68. The maximum absolute atomic E-state index is 10.7. The van der Waals surface area contributed by atoms with Crippen molar-refractivity contribution in [2.24, 2.45) is 0 Å². The highest BCUT2D eigenvalue weighted by atomic mass is 16.3. The Hall–Kier alpha value is -2.55. The Bertz CT molecular complexity index is 771. The molecule has 0 spiro atoms. The molecule has 0 amide bonds. The van der Waals surface area contributed by atoms with E-state index in [1.807, 2.05) is 47.1 Å². The van der Waals surface area contributed by atoms with Crippen molar-refractivity contribution < 1.29 is 5.11 Å². The van der Waals surface area contributed by atoms with Crippen LogP contribution in [0.2, 0.25) is 0 Å². The summed E-state index contributed by atoms with van der Waals surface area (Å²) in [6.07, 6.45) is 0. The van der Waals surface area contributed by atoms with Gasteiger partial charge in [-0.05, 0) is 25.0 Å². The van der Waals surface area contributed by atoms with Crippen LogP contribution in [0.4, 0.5) is 0 Å². The molecule has 3 heteroatoms. The number of aromatic hydroxyl groups is 1. The van der Waals surface area contributed by atoms with Crippen molar-refractivity contribution in [1.82, 2.24) is 9.78 Å². The minimum Gasteiger partial charge on any atom is -0.504 e. The van der Waals surface area contributed by atoms with Gasteiger partial charge in [-0.3, -0.25) is 0 Å². The second-order valence-electron chi connectivity index (χ2n) is 5.85. The Labute approximate surface area is 130 Å². The maximum Gasteiger partial charge on any atom is 0.165 e. The molecule has 0 saturated carbocycles. The smallest absolute Gasteiger partial charge is 0.165 e. The summed E-state index contributed by atoms with van der Waals surface area (Å²) in [5, 5.41) is 15.3. The summed E-state index contributed by atoms with van der Waals surface area (Å²) in [5.41, 5.74) is 4.56. The van der Waals surface area contributed by atoms with Gasteiger partial charge in [0.15, 0.2) is 5.75 Å². The van der Waals surface area contributed by atoms with Gasteiger partial charge in [0.05, 0.1) is 11.4 Å². The molecule has 0 unspecified atom stereocenters. The number of hydrogen-bond acceptors (Lipinski definition) is 2. The lowest BCUT2D eigenvalue weighted by Gasteiger charge is -2.10. The Balaban J connectivity index is 2.20. The van der Waals surface area contributed by atoms with E-state index in [0.717, 1.165) is 16.9 Å². The monoisotopic (exact) mass is 292 g/mol. The van der Waals surface area contributed by atoms with Gasteiger partial charge in [-0.25, -0.2) is 4.68 Å². The number of benzene rings is 2. The first-order chi connectivity index (χ1) is 10.6. The van der Waals surface area contributed by atoms with Crippen molar-refractivity contribution in [2.45, 2.75) is 26.7 Å². The number of aromatic nitrogens is 2. The van der Waals surface area contributed by atoms with Gasteiger partial charge >= 0.3 is 0 Å². The van der Waals surface area contributed by atoms with Crippen LogP contribution in [0.5, 0.6) is 5.75 Å². The van der Waals surface area contributed by atoms with Crippen LogP contribution in [-0.4, -0.2) is 14.9 Å². The molecule has 1 N–H and O–H groups in total. The third kappa shape index (κ3) is 2.50. The second kappa shape index (κ2) is 5.68. The molecule has 0 aliphatic heterocycles. The molecule has 0 fully saturated rings. The minimum absolute atomic E-state index is 0.172. The van der Waals surface area contributed by atoms with Crippen molar-refractivity contribution in [3.05, 3.63) is 65.9 Å². The Morgan fingerprint density at radius 2 is 1.59 bits per heavy atom. The van der Waals surface area contributed by atoms with Crippen molar-refractivity contribution in [3.63, 3.8) is 0 Å². The highest BCUT2D eigenvalue weighted by molar-refractivity contribution is 5.68. The molecule has 0 radical (unpaired) electrons. The summed E-state index contributed by atoms with van der Waals surface area (Å²) < 4.78 is 1.85. The van der Waals surface area contributed by atoms with Gasteiger partial charge in [-0.15, -0.1) is 0 Å².